The molecule has 1 aromatic carbocycles. The second kappa shape index (κ2) is 7.01. The molecule has 2 aromatic heterocycles. The first kappa shape index (κ1) is 17.1. The number of anilines is 1. The number of halogens is 1. The number of rotatable bonds is 4. The van der Waals surface area contributed by atoms with E-state index in [2.05, 4.69) is 5.32 Å². The van der Waals surface area contributed by atoms with E-state index in [1.54, 1.807) is 17.5 Å². The maximum Gasteiger partial charge on any atom is 0.349 e. The fourth-order valence-corrected chi connectivity index (χ4v) is 3.76. The van der Waals surface area contributed by atoms with Gasteiger partial charge in [0.15, 0.2) is 6.10 Å². The van der Waals surface area contributed by atoms with Crippen molar-refractivity contribution in [2.45, 2.75) is 13.0 Å². The molecule has 5 nitrogen and oxygen atoms in total. The summed E-state index contributed by atoms with van der Waals surface area (Å²) in [6.45, 7) is 1.44. The molecule has 0 aliphatic carbocycles. The third-order valence-electron chi connectivity index (χ3n) is 3.35. The van der Waals surface area contributed by atoms with Crippen LogP contribution in [0.4, 0.5) is 9.39 Å². The molecule has 0 aliphatic heterocycles. The molecule has 0 spiro atoms. The summed E-state index contributed by atoms with van der Waals surface area (Å²) in [7, 11) is 0. The third kappa shape index (κ3) is 3.68. The van der Waals surface area contributed by atoms with Gasteiger partial charge in [0.05, 0.1) is 5.56 Å². The van der Waals surface area contributed by atoms with Crippen LogP contribution in [-0.4, -0.2) is 18.0 Å². The zero-order valence-electron chi connectivity index (χ0n) is 12.9. The quantitative estimate of drug-likeness (QED) is 0.696. The number of nitrogens with one attached hydrogen (secondary N) is 1. The van der Waals surface area contributed by atoms with Gasteiger partial charge in [-0.2, -0.15) is 5.26 Å². The Bertz CT molecular complexity index is 1000. The molecule has 25 heavy (non-hydrogen) atoms. The molecule has 3 rings (SSSR count). The smallest absolute Gasteiger partial charge is 0.349 e. The zero-order valence-corrected chi connectivity index (χ0v) is 14.5. The molecule has 2 heterocycles. The van der Waals surface area contributed by atoms with Crippen LogP contribution >= 0.6 is 22.7 Å². The van der Waals surface area contributed by atoms with E-state index in [0.717, 1.165) is 4.70 Å². The average molecular weight is 374 g/mol. The number of fused-ring (bicyclic) bond motifs is 1. The molecule has 0 saturated carbocycles. The van der Waals surface area contributed by atoms with Crippen molar-refractivity contribution < 1.29 is 18.7 Å². The van der Waals surface area contributed by atoms with Crippen LogP contribution < -0.4 is 5.32 Å². The summed E-state index contributed by atoms with van der Waals surface area (Å²) in [4.78, 5) is 24.6. The topological polar surface area (TPSA) is 79.2 Å². The number of nitrogens with zero attached hydrogens (tertiary/aromatic N) is 1. The molecule has 3 aromatic rings. The highest BCUT2D eigenvalue weighted by atomic mass is 32.1. The molecule has 0 radical (unpaired) electrons. The van der Waals surface area contributed by atoms with Crippen LogP contribution in [0.3, 0.4) is 0 Å². The zero-order chi connectivity index (χ0) is 18.0. The fourth-order valence-electron chi connectivity index (χ4n) is 2.09. The monoisotopic (exact) mass is 374 g/mol. The van der Waals surface area contributed by atoms with E-state index in [-0.39, 0.29) is 10.7 Å². The van der Waals surface area contributed by atoms with Gasteiger partial charge in [0.1, 0.15) is 21.8 Å². The van der Waals surface area contributed by atoms with E-state index < -0.39 is 18.0 Å². The first-order valence-corrected chi connectivity index (χ1v) is 8.86. The Labute approximate surface area is 150 Å². The molecule has 0 saturated heterocycles. The minimum Gasteiger partial charge on any atom is -0.448 e. The van der Waals surface area contributed by atoms with E-state index in [0.29, 0.717) is 16.0 Å². The number of hydrogen-bond donors (Lipinski definition) is 1. The van der Waals surface area contributed by atoms with Gasteiger partial charge in [-0.05, 0) is 48.0 Å². The predicted octanol–water partition coefficient (Wildman–Crippen LogP) is 4.16. The summed E-state index contributed by atoms with van der Waals surface area (Å²) in [6.07, 6.45) is -1.04. The largest absolute Gasteiger partial charge is 0.448 e. The van der Waals surface area contributed by atoms with Crippen LogP contribution in [0.2, 0.25) is 0 Å². The SMILES string of the molecule is C[C@@H](OC(=O)c1cc2cc(F)ccc2s1)C(=O)Nc1sccc1C#N. The molecule has 1 amide bonds. The Morgan fingerprint density at radius 3 is 2.88 bits per heavy atom. The second-order valence-corrected chi connectivity index (χ2v) is 7.10. The molecule has 126 valence electrons. The van der Waals surface area contributed by atoms with Crippen molar-refractivity contribution in [1.82, 2.24) is 0 Å². The van der Waals surface area contributed by atoms with E-state index in [1.165, 1.54) is 47.8 Å². The minimum atomic E-state index is -1.04. The summed E-state index contributed by atoms with van der Waals surface area (Å²) in [5.74, 6) is -1.57. The summed E-state index contributed by atoms with van der Waals surface area (Å²) in [5, 5.41) is 14.2. The van der Waals surface area contributed by atoms with Crippen LogP contribution in [0.5, 0.6) is 0 Å². The molecule has 8 heteroatoms. The lowest BCUT2D eigenvalue weighted by Gasteiger charge is -2.12. The highest BCUT2D eigenvalue weighted by molar-refractivity contribution is 7.20. The minimum absolute atomic E-state index is 0.286. The van der Waals surface area contributed by atoms with Crippen LogP contribution in [0, 0.1) is 17.1 Å². The molecule has 0 fully saturated rings. The van der Waals surface area contributed by atoms with Gasteiger partial charge in [0.2, 0.25) is 0 Å². The number of amides is 1. The van der Waals surface area contributed by atoms with Gasteiger partial charge in [-0.15, -0.1) is 22.7 Å². The number of esters is 1. The number of carbonyl (C=O) groups is 2. The standard InChI is InChI=1S/C17H11FN2O3S2/c1-9(15(21)20-16-10(8-19)4-5-24-16)23-17(22)14-7-11-6-12(18)2-3-13(11)25-14/h2-7,9H,1H3,(H,20,21)/t9-/m1/s1. The highest BCUT2D eigenvalue weighted by Crippen LogP contribution is 2.27. The molecular formula is C17H11FN2O3S2. The van der Waals surface area contributed by atoms with Crippen molar-refractivity contribution in [1.29, 1.82) is 5.26 Å². The highest BCUT2D eigenvalue weighted by Gasteiger charge is 2.21. The number of nitriles is 1. The predicted molar refractivity (Wildman–Crippen MR) is 94.3 cm³/mol. The van der Waals surface area contributed by atoms with E-state index in [4.69, 9.17) is 10.00 Å². The molecular weight excluding hydrogens is 363 g/mol. The van der Waals surface area contributed by atoms with Gasteiger partial charge >= 0.3 is 5.97 Å². The van der Waals surface area contributed by atoms with E-state index in [1.807, 2.05) is 6.07 Å². The number of hydrogen-bond acceptors (Lipinski definition) is 6. The Kier molecular flexibility index (Phi) is 4.79. The molecule has 0 unspecified atom stereocenters. The Morgan fingerprint density at radius 1 is 1.32 bits per heavy atom. The Hall–Kier alpha value is -2.76. The average Bonchev–Trinajstić information content (AvgIpc) is 3.20. The van der Waals surface area contributed by atoms with Crippen molar-refractivity contribution in [2.24, 2.45) is 0 Å². The summed E-state index contributed by atoms with van der Waals surface area (Å²) in [5.41, 5.74) is 0.350. The van der Waals surface area contributed by atoms with Crippen molar-refractivity contribution in [3.8, 4) is 6.07 Å². The van der Waals surface area contributed by atoms with Gasteiger partial charge in [-0.1, -0.05) is 0 Å². The Morgan fingerprint density at radius 2 is 2.12 bits per heavy atom. The van der Waals surface area contributed by atoms with Gasteiger partial charge in [-0.3, -0.25) is 4.79 Å². The van der Waals surface area contributed by atoms with Gasteiger partial charge < -0.3 is 10.1 Å². The normalized spacial score (nSPS) is 11.7. The molecule has 0 aliphatic rings. The van der Waals surface area contributed by atoms with Crippen molar-refractivity contribution in [3.63, 3.8) is 0 Å². The first-order valence-electron chi connectivity index (χ1n) is 7.16. The van der Waals surface area contributed by atoms with E-state index in [9.17, 15) is 14.0 Å². The molecule has 1 N–H and O–H groups in total. The van der Waals surface area contributed by atoms with Gasteiger partial charge in [0.25, 0.3) is 5.91 Å². The first-order chi connectivity index (χ1) is 12.0. The maximum absolute atomic E-state index is 13.2. The molecule has 0 bridgehead atoms. The van der Waals surface area contributed by atoms with Crippen LogP contribution in [0.1, 0.15) is 22.2 Å². The van der Waals surface area contributed by atoms with Crippen molar-refractivity contribution in [2.75, 3.05) is 5.32 Å². The fraction of sp³-hybridized carbons (Fsp3) is 0.118. The van der Waals surface area contributed by atoms with Crippen molar-refractivity contribution >= 4 is 49.6 Å². The number of ether oxygens (including phenoxy) is 1. The lowest BCUT2D eigenvalue weighted by Crippen LogP contribution is -2.29. The summed E-state index contributed by atoms with van der Waals surface area (Å²) in [6, 6.07) is 9.32. The molecule has 1 atom stereocenters. The summed E-state index contributed by atoms with van der Waals surface area (Å²) >= 11 is 2.38. The third-order valence-corrected chi connectivity index (χ3v) is 5.28. The number of carbonyl (C=O) groups excluding carboxylic acids is 2. The van der Waals surface area contributed by atoms with Gasteiger partial charge in [-0.25, -0.2) is 9.18 Å². The Balaban J connectivity index is 1.68. The second-order valence-electron chi connectivity index (χ2n) is 5.10. The lowest BCUT2D eigenvalue weighted by molar-refractivity contribution is -0.123. The number of benzene rings is 1. The van der Waals surface area contributed by atoms with E-state index >= 15 is 0 Å². The lowest BCUT2D eigenvalue weighted by atomic mass is 10.2. The van der Waals surface area contributed by atoms with Crippen LogP contribution in [-0.2, 0) is 9.53 Å². The maximum atomic E-state index is 13.2. The van der Waals surface area contributed by atoms with Crippen molar-refractivity contribution in [3.05, 3.63) is 52.0 Å². The van der Waals surface area contributed by atoms with Crippen LogP contribution in [0.15, 0.2) is 35.7 Å². The summed E-state index contributed by atoms with van der Waals surface area (Å²) < 4.78 is 19.1. The van der Waals surface area contributed by atoms with Gasteiger partial charge in [0, 0.05) is 4.70 Å². The van der Waals surface area contributed by atoms with Crippen LogP contribution in [0.25, 0.3) is 10.1 Å². The number of thiophene rings is 2.